The molecule has 28 heavy (non-hydrogen) atoms. The van der Waals surface area contributed by atoms with Crippen molar-refractivity contribution in [1.29, 1.82) is 0 Å². The highest BCUT2D eigenvalue weighted by Crippen LogP contribution is 2.25. The van der Waals surface area contributed by atoms with Gasteiger partial charge in [0.25, 0.3) is 0 Å². The predicted molar refractivity (Wildman–Crippen MR) is 110 cm³/mol. The van der Waals surface area contributed by atoms with E-state index < -0.39 is 20.1 Å². The second kappa shape index (κ2) is 9.02. The summed E-state index contributed by atoms with van der Waals surface area (Å²) in [5.41, 5.74) is 2.32. The Kier molecular flexibility index (Phi) is 6.98. The van der Waals surface area contributed by atoms with Crippen molar-refractivity contribution in [2.45, 2.75) is 39.3 Å². The minimum absolute atomic E-state index is 0.119. The molecular weight excluding hydrogens is 378 g/mol. The smallest absolute Gasteiger partial charge is 0.408 e. The number of amides is 1. The lowest BCUT2D eigenvalue weighted by Gasteiger charge is -2.15. The summed E-state index contributed by atoms with van der Waals surface area (Å²) in [7, 11) is 0.109. The van der Waals surface area contributed by atoms with E-state index in [-0.39, 0.29) is 5.57 Å². The third kappa shape index (κ3) is 5.93. The second-order valence-corrected chi connectivity index (χ2v) is 13.4. The number of nitrogens with zero attached hydrogens (tertiary/aromatic N) is 2. The zero-order valence-corrected chi connectivity index (χ0v) is 17.9. The van der Waals surface area contributed by atoms with Crippen molar-refractivity contribution in [2.24, 2.45) is 0 Å². The van der Waals surface area contributed by atoms with E-state index in [9.17, 15) is 9.59 Å². The molecule has 152 valence electrons. The number of aryl methyl sites for hydroxylation is 1. The summed E-state index contributed by atoms with van der Waals surface area (Å²) in [6.07, 6.45) is 1.71. The van der Waals surface area contributed by atoms with Gasteiger partial charge < -0.3 is 14.6 Å². The molecule has 8 nitrogen and oxygen atoms in total. The number of methoxy groups -OCH3 is 1. The molecule has 0 aliphatic rings. The fraction of sp³-hybridized carbons (Fsp3) is 0.421. The van der Waals surface area contributed by atoms with Crippen LogP contribution in [-0.4, -0.2) is 48.7 Å². The standard InChI is InChI=1S/C19H27N3O5Si/c1-13-8-14(16(18(23)26-2)10-20-19(24)25)9-15-11-22(21-17(13)15)12-27-6-7-28(3,4)5/h8-11,20H,6-7,12H2,1-5H3,(H,24,25). The molecule has 1 heterocycles. The number of esters is 1. The SMILES string of the molecule is COC(=O)C(=CNC(=O)O)c1cc(C)c2nn(COCC[Si](C)(C)C)cc2c1. The summed E-state index contributed by atoms with van der Waals surface area (Å²) in [5, 5.41) is 16.3. The average Bonchev–Trinajstić information content (AvgIpc) is 3.01. The zero-order chi connectivity index (χ0) is 20.9. The van der Waals surface area contributed by atoms with E-state index in [1.165, 1.54) is 7.11 Å². The Morgan fingerprint density at radius 1 is 1.32 bits per heavy atom. The second-order valence-electron chi connectivity index (χ2n) is 7.75. The van der Waals surface area contributed by atoms with Gasteiger partial charge >= 0.3 is 12.1 Å². The van der Waals surface area contributed by atoms with Crippen LogP contribution in [0.5, 0.6) is 0 Å². The number of carbonyl (C=O) groups is 2. The first-order valence-corrected chi connectivity index (χ1v) is 12.7. The van der Waals surface area contributed by atoms with Gasteiger partial charge in [-0.15, -0.1) is 0 Å². The molecule has 0 aliphatic carbocycles. The minimum atomic E-state index is -1.26. The van der Waals surface area contributed by atoms with Crippen molar-refractivity contribution < 1.29 is 24.2 Å². The predicted octanol–water partition coefficient (Wildman–Crippen LogP) is 3.44. The third-order valence-corrected chi connectivity index (χ3v) is 5.83. The Labute approximate surface area is 165 Å². The lowest BCUT2D eigenvalue weighted by atomic mass is 10.0. The molecule has 0 aliphatic heterocycles. The van der Waals surface area contributed by atoms with Crippen molar-refractivity contribution in [1.82, 2.24) is 15.1 Å². The molecule has 1 amide bonds. The Hall–Kier alpha value is -2.65. The first-order valence-electron chi connectivity index (χ1n) is 8.94. The van der Waals surface area contributed by atoms with E-state index in [1.54, 1.807) is 16.8 Å². The summed E-state index contributed by atoms with van der Waals surface area (Å²) in [6, 6.07) is 4.64. The number of ether oxygens (including phenoxy) is 2. The van der Waals surface area contributed by atoms with Crippen LogP contribution in [0.15, 0.2) is 24.5 Å². The van der Waals surface area contributed by atoms with Gasteiger partial charge in [-0.2, -0.15) is 5.10 Å². The number of nitrogens with one attached hydrogen (secondary N) is 1. The van der Waals surface area contributed by atoms with Gasteiger partial charge in [0.2, 0.25) is 0 Å². The molecular formula is C19H27N3O5Si. The molecule has 9 heteroatoms. The van der Waals surface area contributed by atoms with Crippen LogP contribution in [0.25, 0.3) is 16.5 Å². The third-order valence-electron chi connectivity index (χ3n) is 4.12. The number of hydrogen-bond acceptors (Lipinski definition) is 5. The number of hydrogen-bond donors (Lipinski definition) is 2. The average molecular weight is 406 g/mol. The maximum Gasteiger partial charge on any atom is 0.408 e. The highest BCUT2D eigenvalue weighted by Gasteiger charge is 2.16. The molecule has 2 rings (SSSR count). The van der Waals surface area contributed by atoms with Crippen molar-refractivity contribution in [2.75, 3.05) is 13.7 Å². The fourth-order valence-corrected chi connectivity index (χ4v) is 3.38. The quantitative estimate of drug-likeness (QED) is 0.302. The van der Waals surface area contributed by atoms with Crippen molar-refractivity contribution in [3.05, 3.63) is 35.7 Å². The van der Waals surface area contributed by atoms with E-state index in [2.05, 4.69) is 30.1 Å². The largest absolute Gasteiger partial charge is 0.465 e. The lowest BCUT2D eigenvalue weighted by molar-refractivity contribution is -0.133. The maximum absolute atomic E-state index is 12.1. The van der Waals surface area contributed by atoms with E-state index in [4.69, 9.17) is 14.6 Å². The van der Waals surface area contributed by atoms with Crippen LogP contribution < -0.4 is 5.32 Å². The maximum atomic E-state index is 12.1. The molecule has 0 unspecified atom stereocenters. The number of benzene rings is 1. The molecule has 0 saturated carbocycles. The number of fused-ring (bicyclic) bond motifs is 1. The van der Waals surface area contributed by atoms with Crippen LogP contribution in [-0.2, 0) is 21.0 Å². The molecule has 0 fully saturated rings. The van der Waals surface area contributed by atoms with Crippen LogP contribution in [0.1, 0.15) is 11.1 Å². The molecule has 1 aromatic heterocycles. The van der Waals surface area contributed by atoms with Crippen LogP contribution >= 0.6 is 0 Å². The first kappa shape index (κ1) is 21.6. The summed E-state index contributed by atoms with van der Waals surface area (Å²) < 4.78 is 12.2. The van der Waals surface area contributed by atoms with Crippen LogP contribution in [0.2, 0.25) is 25.7 Å². The summed E-state index contributed by atoms with van der Waals surface area (Å²) in [4.78, 5) is 22.9. The molecule has 0 bridgehead atoms. The van der Waals surface area contributed by atoms with Gasteiger partial charge in [0, 0.05) is 32.5 Å². The molecule has 0 spiro atoms. The van der Waals surface area contributed by atoms with Crippen LogP contribution in [0.4, 0.5) is 4.79 Å². The first-order chi connectivity index (χ1) is 13.1. The van der Waals surface area contributed by atoms with E-state index in [1.807, 2.05) is 13.1 Å². The van der Waals surface area contributed by atoms with Crippen molar-refractivity contribution >= 4 is 36.6 Å². The van der Waals surface area contributed by atoms with Crippen molar-refractivity contribution in [3.63, 3.8) is 0 Å². The summed E-state index contributed by atoms with van der Waals surface area (Å²) >= 11 is 0. The fourth-order valence-electron chi connectivity index (χ4n) is 2.62. The highest BCUT2D eigenvalue weighted by atomic mass is 28.3. The van der Waals surface area contributed by atoms with E-state index in [0.29, 0.717) is 18.9 Å². The van der Waals surface area contributed by atoms with Gasteiger partial charge in [0.1, 0.15) is 6.73 Å². The Bertz CT molecular complexity index is 899. The number of carboxylic acid groups (broad SMARTS) is 1. The van der Waals surface area contributed by atoms with Gasteiger partial charge in [-0.25, -0.2) is 14.3 Å². The highest BCUT2D eigenvalue weighted by molar-refractivity contribution is 6.76. The van der Waals surface area contributed by atoms with Crippen LogP contribution in [0, 0.1) is 6.92 Å². The molecule has 2 N–H and O–H groups in total. The van der Waals surface area contributed by atoms with Crippen molar-refractivity contribution in [3.8, 4) is 0 Å². The minimum Gasteiger partial charge on any atom is -0.465 e. The number of aromatic nitrogens is 2. The Morgan fingerprint density at radius 3 is 2.64 bits per heavy atom. The van der Waals surface area contributed by atoms with Gasteiger partial charge in [-0.3, -0.25) is 5.32 Å². The van der Waals surface area contributed by atoms with Gasteiger partial charge in [0.15, 0.2) is 0 Å². The Balaban J connectivity index is 2.26. The van der Waals surface area contributed by atoms with E-state index in [0.717, 1.165) is 28.7 Å². The molecule has 0 radical (unpaired) electrons. The molecule has 0 saturated heterocycles. The molecule has 2 aromatic rings. The summed E-state index contributed by atoms with van der Waals surface area (Å²) in [5.74, 6) is -0.630. The van der Waals surface area contributed by atoms with Gasteiger partial charge in [0.05, 0.1) is 18.2 Å². The number of carbonyl (C=O) groups excluding carboxylic acids is 1. The molecule has 1 aromatic carbocycles. The zero-order valence-electron chi connectivity index (χ0n) is 16.9. The van der Waals surface area contributed by atoms with Crippen LogP contribution in [0.3, 0.4) is 0 Å². The lowest BCUT2D eigenvalue weighted by Crippen LogP contribution is -2.22. The summed E-state index contributed by atoms with van der Waals surface area (Å²) in [6.45, 7) is 9.84. The number of rotatable bonds is 8. The monoisotopic (exact) mass is 405 g/mol. The Morgan fingerprint density at radius 2 is 2.04 bits per heavy atom. The molecule has 0 atom stereocenters. The van der Waals surface area contributed by atoms with Gasteiger partial charge in [-0.1, -0.05) is 19.6 Å². The topological polar surface area (TPSA) is 103 Å². The normalized spacial score (nSPS) is 12.2. The van der Waals surface area contributed by atoms with E-state index >= 15 is 0 Å². The van der Waals surface area contributed by atoms with Gasteiger partial charge in [-0.05, 0) is 36.2 Å².